The number of pyridine rings is 2. The summed E-state index contributed by atoms with van der Waals surface area (Å²) >= 11 is 0. The number of fused-ring (bicyclic) bond motifs is 1. The van der Waals surface area contributed by atoms with Gasteiger partial charge in [0.05, 0.1) is 23.9 Å². The molecule has 0 spiro atoms. The van der Waals surface area contributed by atoms with Gasteiger partial charge in [-0.2, -0.15) is 0 Å². The van der Waals surface area contributed by atoms with Gasteiger partial charge in [-0.3, -0.25) is 19.3 Å². The van der Waals surface area contributed by atoms with Crippen molar-refractivity contribution in [1.29, 1.82) is 0 Å². The number of carbonyl (C=O) groups excluding carboxylic acids is 2. The summed E-state index contributed by atoms with van der Waals surface area (Å²) in [7, 11) is 1.49. The predicted molar refractivity (Wildman–Crippen MR) is 146 cm³/mol. The zero-order valence-electron chi connectivity index (χ0n) is 22.1. The van der Waals surface area contributed by atoms with E-state index in [0.29, 0.717) is 41.4 Å². The molecule has 3 aromatic rings. The molecule has 10 heteroatoms. The second-order valence-electron chi connectivity index (χ2n) is 9.57. The van der Waals surface area contributed by atoms with Gasteiger partial charge < -0.3 is 20.9 Å². The fourth-order valence-electron chi connectivity index (χ4n) is 5.18. The number of nitrogens with two attached hydrogens (primary N) is 1. The molecule has 1 fully saturated rings. The number of halogens is 1. The Hall–Kier alpha value is -3.79. The van der Waals surface area contributed by atoms with Crippen LogP contribution >= 0.6 is 0 Å². The SMILES string of the molecule is CCN1CCC[C@@H]1CNC(=O)Cc1ccc(-c2ccc3c(=O)c(CC(=O)NC)c(N)n(CC)c3n2)c(F)c1. The van der Waals surface area contributed by atoms with Crippen LogP contribution in [-0.4, -0.2) is 59.0 Å². The van der Waals surface area contributed by atoms with Gasteiger partial charge in [0.15, 0.2) is 5.43 Å². The molecule has 2 aromatic heterocycles. The summed E-state index contributed by atoms with van der Waals surface area (Å²) < 4.78 is 16.8. The first-order chi connectivity index (χ1) is 18.3. The summed E-state index contributed by atoms with van der Waals surface area (Å²) in [6.45, 7) is 7.01. The second-order valence-corrected chi connectivity index (χ2v) is 9.57. The van der Waals surface area contributed by atoms with Crippen LogP contribution in [0.5, 0.6) is 0 Å². The Balaban J connectivity index is 1.56. The Labute approximate surface area is 221 Å². The Morgan fingerprint density at radius 2 is 1.92 bits per heavy atom. The van der Waals surface area contributed by atoms with Gasteiger partial charge in [-0.05, 0) is 62.7 Å². The summed E-state index contributed by atoms with van der Waals surface area (Å²) in [6.07, 6.45) is 2.16. The van der Waals surface area contributed by atoms with Crippen LogP contribution in [0.15, 0.2) is 35.1 Å². The Bertz CT molecular complexity index is 1420. The highest BCUT2D eigenvalue weighted by molar-refractivity contribution is 5.85. The van der Waals surface area contributed by atoms with Crippen LogP contribution < -0.4 is 21.8 Å². The Kier molecular flexibility index (Phi) is 8.41. The summed E-state index contributed by atoms with van der Waals surface area (Å²) in [5, 5.41) is 5.79. The molecule has 202 valence electrons. The van der Waals surface area contributed by atoms with Crippen molar-refractivity contribution in [3.63, 3.8) is 0 Å². The first kappa shape index (κ1) is 27.3. The third-order valence-electron chi connectivity index (χ3n) is 7.30. The summed E-state index contributed by atoms with van der Waals surface area (Å²) in [4.78, 5) is 44.4. The normalized spacial score (nSPS) is 15.6. The fourth-order valence-corrected chi connectivity index (χ4v) is 5.18. The number of likely N-dealkylation sites (tertiary alicyclic amines) is 1. The van der Waals surface area contributed by atoms with E-state index in [0.717, 1.165) is 25.9 Å². The van der Waals surface area contributed by atoms with E-state index < -0.39 is 5.82 Å². The lowest BCUT2D eigenvalue weighted by Gasteiger charge is -2.22. The molecule has 1 saturated heterocycles. The van der Waals surface area contributed by atoms with Crippen molar-refractivity contribution in [2.75, 3.05) is 32.4 Å². The molecular weight excluding hydrogens is 487 g/mol. The molecule has 1 aliphatic heterocycles. The van der Waals surface area contributed by atoms with Gasteiger partial charge in [-0.25, -0.2) is 9.37 Å². The van der Waals surface area contributed by atoms with Crippen LogP contribution in [0, 0.1) is 5.82 Å². The molecule has 0 bridgehead atoms. The molecule has 4 N–H and O–H groups in total. The van der Waals surface area contributed by atoms with Gasteiger partial charge in [0, 0.05) is 37.3 Å². The first-order valence-electron chi connectivity index (χ1n) is 13.1. The fraction of sp³-hybridized carbons (Fsp3) is 0.429. The lowest BCUT2D eigenvalue weighted by atomic mass is 10.0. The number of nitrogens with one attached hydrogen (secondary N) is 2. The average molecular weight is 523 g/mol. The minimum Gasteiger partial charge on any atom is -0.385 e. The molecule has 0 unspecified atom stereocenters. The summed E-state index contributed by atoms with van der Waals surface area (Å²) in [6, 6.07) is 8.18. The maximum atomic E-state index is 15.2. The largest absolute Gasteiger partial charge is 0.385 e. The van der Waals surface area contributed by atoms with E-state index in [1.54, 1.807) is 28.8 Å². The zero-order valence-corrected chi connectivity index (χ0v) is 22.1. The Morgan fingerprint density at radius 1 is 1.13 bits per heavy atom. The molecule has 4 rings (SSSR count). The molecule has 0 aliphatic carbocycles. The number of nitrogens with zero attached hydrogens (tertiary/aromatic N) is 3. The number of hydrogen-bond donors (Lipinski definition) is 3. The maximum absolute atomic E-state index is 15.2. The van der Waals surface area contributed by atoms with E-state index in [4.69, 9.17) is 5.73 Å². The number of benzene rings is 1. The monoisotopic (exact) mass is 522 g/mol. The standard InChI is InChI=1S/C28H35FN6O3/c1-4-34-12-6-7-18(34)16-32-25(37)14-17-8-9-19(22(29)13-17)23-11-10-20-26(38)21(15-24(36)31-3)27(30)35(5-2)28(20)33-23/h8-11,13,18H,4-7,12,14-16,30H2,1-3H3,(H,31,36)(H,32,37)/t18-/m1/s1. The number of aryl methyl sites for hydroxylation is 1. The molecule has 38 heavy (non-hydrogen) atoms. The van der Waals surface area contributed by atoms with Crippen molar-refractivity contribution in [2.45, 2.75) is 52.1 Å². The topological polar surface area (TPSA) is 122 Å². The van der Waals surface area contributed by atoms with Crippen LogP contribution in [0.4, 0.5) is 10.2 Å². The van der Waals surface area contributed by atoms with E-state index in [1.165, 1.54) is 13.1 Å². The van der Waals surface area contributed by atoms with Crippen molar-refractivity contribution in [3.05, 3.63) is 57.5 Å². The number of nitrogen functional groups attached to an aromatic ring is 1. The molecule has 1 aliphatic rings. The van der Waals surface area contributed by atoms with Gasteiger partial charge in [0.1, 0.15) is 17.3 Å². The van der Waals surface area contributed by atoms with E-state index in [-0.39, 0.29) is 47.0 Å². The van der Waals surface area contributed by atoms with Crippen LogP contribution in [-0.2, 0) is 29.0 Å². The van der Waals surface area contributed by atoms with E-state index in [2.05, 4.69) is 27.4 Å². The highest BCUT2D eigenvalue weighted by Gasteiger charge is 2.23. The van der Waals surface area contributed by atoms with Gasteiger partial charge >= 0.3 is 0 Å². The number of carbonyl (C=O) groups is 2. The van der Waals surface area contributed by atoms with Gasteiger partial charge in [0.2, 0.25) is 11.8 Å². The van der Waals surface area contributed by atoms with Crippen LogP contribution in [0.1, 0.15) is 37.8 Å². The Morgan fingerprint density at radius 3 is 2.61 bits per heavy atom. The first-order valence-corrected chi connectivity index (χ1v) is 13.1. The van der Waals surface area contributed by atoms with E-state index in [9.17, 15) is 14.4 Å². The molecule has 0 saturated carbocycles. The van der Waals surface area contributed by atoms with Crippen molar-refractivity contribution in [2.24, 2.45) is 0 Å². The molecule has 9 nitrogen and oxygen atoms in total. The van der Waals surface area contributed by atoms with Crippen molar-refractivity contribution >= 4 is 28.7 Å². The quantitative estimate of drug-likeness (QED) is 0.396. The number of likely N-dealkylation sites (N-methyl/N-ethyl adjacent to an activating group) is 2. The van der Waals surface area contributed by atoms with Gasteiger partial charge in [-0.15, -0.1) is 0 Å². The molecule has 1 atom stereocenters. The number of amides is 2. The van der Waals surface area contributed by atoms with Crippen molar-refractivity contribution in [3.8, 4) is 11.3 Å². The van der Waals surface area contributed by atoms with Crippen molar-refractivity contribution in [1.82, 2.24) is 25.1 Å². The number of anilines is 1. The highest BCUT2D eigenvalue weighted by Crippen LogP contribution is 2.26. The number of aromatic nitrogens is 2. The molecular formula is C28H35FN6O3. The smallest absolute Gasteiger partial charge is 0.224 e. The predicted octanol–water partition coefficient (Wildman–Crippen LogP) is 2.24. The van der Waals surface area contributed by atoms with Gasteiger partial charge in [-0.1, -0.05) is 13.0 Å². The van der Waals surface area contributed by atoms with E-state index >= 15 is 4.39 Å². The number of hydrogen-bond acceptors (Lipinski definition) is 6. The molecule has 2 amide bonds. The summed E-state index contributed by atoms with van der Waals surface area (Å²) in [5.41, 5.74) is 7.58. The van der Waals surface area contributed by atoms with Crippen LogP contribution in [0.2, 0.25) is 0 Å². The molecule has 3 heterocycles. The maximum Gasteiger partial charge on any atom is 0.224 e. The highest BCUT2D eigenvalue weighted by atomic mass is 19.1. The third kappa shape index (κ3) is 5.55. The number of rotatable bonds is 9. The molecule has 0 radical (unpaired) electrons. The van der Waals surface area contributed by atoms with Crippen LogP contribution in [0.25, 0.3) is 22.3 Å². The van der Waals surface area contributed by atoms with E-state index in [1.807, 2.05) is 6.92 Å². The minimum atomic E-state index is -0.510. The summed E-state index contributed by atoms with van der Waals surface area (Å²) in [5.74, 6) is -0.805. The second kappa shape index (κ2) is 11.7. The lowest BCUT2D eigenvalue weighted by Crippen LogP contribution is -2.40. The zero-order chi connectivity index (χ0) is 27.4. The molecule has 1 aromatic carbocycles. The minimum absolute atomic E-state index is 0.0845. The third-order valence-corrected chi connectivity index (χ3v) is 7.30. The lowest BCUT2D eigenvalue weighted by molar-refractivity contribution is -0.121. The van der Waals surface area contributed by atoms with Crippen molar-refractivity contribution < 1.29 is 14.0 Å². The van der Waals surface area contributed by atoms with Gasteiger partial charge in [0.25, 0.3) is 0 Å². The average Bonchev–Trinajstić information content (AvgIpc) is 3.37. The van der Waals surface area contributed by atoms with Crippen LogP contribution in [0.3, 0.4) is 0 Å².